The monoisotopic (exact) mass is 484 g/mol. The summed E-state index contributed by atoms with van der Waals surface area (Å²) in [4.78, 5) is 13.3. The van der Waals surface area contributed by atoms with E-state index in [-0.39, 0.29) is 10.8 Å². The molecule has 4 aromatic carbocycles. The normalized spacial score (nSPS) is 12.8. The second-order valence-electron chi connectivity index (χ2n) is 8.35. The Morgan fingerprint density at radius 1 is 0.886 bits per heavy atom. The molecule has 176 valence electrons. The van der Waals surface area contributed by atoms with Crippen molar-refractivity contribution in [1.29, 1.82) is 0 Å². The minimum Gasteiger partial charge on any atom is -0.455 e. The first-order valence-electron chi connectivity index (χ1n) is 11.3. The molecule has 1 N–H and O–H groups in total. The van der Waals surface area contributed by atoms with Gasteiger partial charge in [-0.15, -0.1) is 0 Å². The summed E-state index contributed by atoms with van der Waals surface area (Å²) in [5.74, 6) is 0.905. The number of nitrogens with zero attached hydrogens (tertiary/aromatic N) is 1. The van der Waals surface area contributed by atoms with Gasteiger partial charge in [-0.05, 0) is 73.5 Å². The topological polar surface area (TPSA) is 75.7 Å². The van der Waals surface area contributed by atoms with Gasteiger partial charge in [0.05, 0.1) is 16.3 Å². The number of carbonyl (C=O) groups excluding carboxylic acids is 1. The van der Waals surface area contributed by atoms with Gasteiger partial charge in [-0.3, -0.25) is 9.10 Å². The van der Waals surface area contributed by atoms with Crippen LogP contribution in [-0.2, 0) is 16.4 Å². The van der Waals surface area contributed by atoms with E-state index in [2.05, 4.69) is 5.32 Å². The fourth-order valence-corrected chi connectivity index (χ4v) is 5.57. The Labute approximate surface area is 204 Å². The molecule has 0 fully saturated rings. The van der Waals surface area contributed by atoms with E-state index in [4.69, 9.17) is 4.74 Å². The van der Waals surface area contributed by atoms with Crippen molar-refractivity contribution in [3.63, 3.8) is 0 Å². The third-order valence-corrected chi connectivity index (χ3v) is 7.74. The first kappa shape index (κ1) is 22.7. The number of carbonyl (C=O) groups is 1. The molecule has 0 saturated carbocycles. The maximum Gasteiger partial charge on any atom is 0.264 e. The van der Waals surface area contributed by atoms with Crippen molar-refractivity contribution in [2.45, 2.75) is 18.2 Å². The molecule has 0 unspecified atom stereocenters. The van der Waals surface area contributed by atoms with Gasteiger partial charge in [0.15, 0.2) is 5.75 Å². The molecule has 1 aliphatic heterocycles. The largest absolute Gasteiger partial charge is 0.455 e. The highest BCUT2D eigenvalue weighted by Gasteiger charge is 2.31. The summed E-state index contributed by atoms with van der Waals surface area (Å²) in [6.45, 7) is 2.25. The molecular weight excluding hydrogens is 460 g/mol. The van der Waals surface area contributed by atoms with Crippen molar-refractivity contribution in [3.05, 3.63) is 114 Å². The lowest BCUT2D eigenvalue weighted by molar-refractivity contribution is 0.102. The van der Waals surface area contributed by atoms with E-state index in [1.165, 1.54) is 4.31 Å². The number of aryl methyl sites for hydroxylation is 1. The fraction of sp³-hybridized carbons (Fsp3) is 0.107. The standard InChI is InChI=1S/C28H24N2O4S/c1-20-11-14-24(15-12-20)35(32,33)30-18-17-21-19-22(13-16-26(21)30)28(31)29-25-9-5-6-10-27(25)34-23-7-3-2-4-8-23/h2-16,19H,17-18H2,1H3,(H,29,31). The highest BCUT2D eigenvalue weighted by atomic mass is 32.2. The summed E-state index contributed by atoms with van der Waals surface area (Å²) in [5, 5.41) is 2.92. The summed E-state index contributed by atoms with van der Waals surface area (Å²) < 4.78 is 33.7. The number of ether oxygens (including phenoxy) is 1. The van der Waals surface area contributed by atoms with Crippen LogP contribution in [0.2, 0.25) is 0 Å². The Kier molecular flexibility index (Phi) is 6.01. The zero-order chi connectivity index (χ0) is 24.4. The van der Waals surface area contributed by atoms with Crippen molar-refractivity contribution in [1.82, 2.24) is 0 Å². The molecule has 0 saturated heterocycles. The van der Waals surface area contributed by atoms with Gasteiger partial charge in [-0.1, -0.05) is 48.0 Å². The molecule has 5 rings (SSSR count). The molecule has 0 aromatic heterocycles. The Bertz CT molecular complexity index is 1480. The summed E-state index contributed by atoms with van der Waals surface area (Å²) in [7, 11) is -3.67. The number of hydrogen-bond donors (Lipinski definition) is 1. The van der Waals surface area contributed by atoms with Crippen LogP contribution in [0.3, 0.4) is 0 Å². The third kappa shape index (κ3) is 4.63. The number of nitrogens with one attached hydrogen (secondary N) is 1. The molecule has 4 aromatic rings. The molecule has 0 radical (unpaired) electrons. The predicted molar refractivity (Wildman–Crippen MR) is 137 cm³/mol. The van der Waals surface area contributed by atoms with Gasteiger partial charge in [0.2, 0.25) is 0 Å². The second kappa shape index (κ2) is 9.27. The van der Waals surface area contributed by atoms with Crippen LogP contribution in [0, 0.1) is 6.92 Å². The zero-order valence-corrected chi connectivity index (χ0v) is 20.0. The number of amides is 1. The lowest BCUT2D eigenvalue weighted by Gasteiger charge is -2.20. The molecular formula is C28H24N2O4S. The first-order valence-corrected chi connectivity index (χ1v) is 12.7. The number of hydrogen-bond acceptors (Lipinski definition) is 4. The van der Waals surface area contributed by atoms with Crippen LogP contribution >= 0.6 is 0 Å². The van der Waals surface area contributed by atoms with Gasteiger partial charge < -0.3 is 10.1 Å². The van der Waals surface area contributed by atoms with Gasteiger partial charge in [0.1, 0.15) is 5.75 Å². The molecule has 1 aliphatic rings. The van der Waals surface area contributed by atoms with Crippen molar-refractivity contribution in [2.75, 3.05) is 16.2 Å². The average molecular weight is 485 g/mol. The van der Waals surface area contributed by atoms with Crippen LogP contribution in [0.5, 0.6) is 11.5 Å². The number of rotatable bonds is 6. The number of sulfonamides is 1. The van der Waals surface area contributed by atoms with E-state index < -0.39 is 10.0 Å². The summed E-state index contributed by atoms with van der Waals surface area (Å²) in [6, 6.07) is 28.5. The van der Waals surface area contributed by atoms with Gasteiger partial charge in [0.25, 0.3) is 15.9 Å². The van der Waals surface area contributed by atoms with Crippen LogP contribution in [0.1, 0.15) is 21.5 Å². The molecule has 0 aliphatic carbocycles. The molecule has 0 atom stereocenters. The predicted octanol–water partition coefficient (Wildman–Crippen LogP) is 5.79. The van der Waals surface area contributed by atoms with E-state index in [0.29, 0.717) is 41.4 Å². The molecule has 7 heteroatoms. The van der Waals surface area contributed by atoms with Crippen molar-refractivity contribution in [2.24, 2.45) is 0 Å². The smallest absolute Gasteiger partial charge is 0.264 e. The lowest BCUT2D eigenvalue weighted by Crippen LogP contribution is -2.29. The van der Waals surface area contributed by atoms with E-state index in [9.17, 15) is 13.2 Å². The Morgan fingerprint density at radius 3 is 2.37 bits per heavy atom. The van der Waals surface area contributed by atoms with Crippen LogP contribution in [-0.4, -0.2) is 20.9 Å². The van der Waals surface area contributed by atoms with E-state index in [1.807, 2.05) is 49.4 Å². The maximum atomic E-state index is 13.2. The Morgan fingerprint density at radius 2 is 1.60 bits per heavy atom. The first-order chi connectivity index (χ1) is 16.9. The SMILES string of the molecule is Cc1ccc(S(=O)(=O)N2CCc3cc(C(=O)Nc4ccccc4Oc4ccccc4)ccc32)cc1. The fourth-order valence-electron chi connectivity index (χ4n) is 4.07. The number of benzene rings is 4. The van der Waals surface area contributed by atoms with Gasteiger partial charge >= 0.3 is 0 Å². The summed E-state index contributed by atoms with van der Waals surface area (Å²) in [6.07, 6.45) is 0.537. The molecule has 0 spiro atoms. The number of fused-ring (bicyclic) bond motifs is 1. The Balaban J connectivity index is 1.36. The minimum absolute atomic E-state index is 0.257. The van der Waals surface area contributed by atoms with Gasteiger partial charge in [0, 0.05) is 12.1 Å². The van der Waals surface area contributed by atoms with Crippen molar-refractivity contribution in [3.8, 4) is 11.5 Å². The molecule has 6 nitrogen and oxygen atoms in total. The minimum atomic E-state index is -3.67. The van der Waals surface area contributed by atoms with E-state index in [1.54, 1.807) is 54.6 Å². The van der Waals surface area contributed by atoms with Gasteiger partial charge in [-0.25, -0.2) is 8.42 Å². The third-order valence-electron chi connectivity index (χ3n) is 5.91. The van der Waals surface area contributed by atoms with Crippen molar-refractivity contribution < 1.29 is 17.9 Å². The quantitative estimate of drug-likeness (QED) is 0.376. The summed E-state index contributed by atoms with van der Waals surface area (Å²) in [5.41, 5.74) is 3.42. The second-order valence-corrected chi connectivity index (χ2v) is 10.2. The number of para-hydroxylation sites is 3. The van der Waals surface area contributed by atoms with Crippen LogP contribution in [0.25, 0.3) is 0 Å². The van der Waals surface area contributed by atoms with Crippen LogP contribution in [0.4, 0.5) is 11.4 Å². The Hall–Kier alpha value is -4.10. The van der Waals surface area contributed by atoms with Crippen LogP contribution in [0.15, 0.2) is 102 Å². The molecule has 35 heavy (non-hydrogen) atoms. The number of anilines is 2. The molecule has 1 heterocycles. The highest BCUT2D eigenvalue weighted by Crippen LogP contribution is 2.34. The lowest BCUT2D eigenvalue weighted by atomic mass is 10.1. The average Bonchev–Trinajstić information content (AvgIpc) is 3.30. The van der Waals surface area contributed by atoms with E-state index >= 15 is 0 Å². The van der Waals surface area contributed by atoms with E-state index in [0.717, 1.165) is 11.1 Å². The molecule has 0 bridgehead atoms. The zero-order valence-electron chi connectivity index (χ0n) is 19.1. The maximum absolute atomic E-state index is 13.2. The molecule has 1 amide bonds. The van der Waals surface area contributed by atoms with Crippen molar-refractivity contribution >= 4 is 27.3 Å². The van der Waals surface area contributed by atoms with Gasteiger partial charge in [-0.2, -0.15) is 0 Å². The van der Waals surface area contributed by atoms with Crippen LogP contribution < -0.4 is 14.4 Å². The summed E-state index contributed by atoms with van der Waals surface area (Å²) >= 11 is 0. The highest BCUT2D eigenvalue weighted by molar-refractivity contribution is 7.92.